The van der Waals surface area contributed by atoms with E-state index in [2.05, 4.69) is 19.1 Å². The Morgan fingerprint density at radius 1 is 1.12 bits per heavy atom. The van der Waals surface area contributed by atoms with Crippen LogP contribution in [0.15, 0.2) is 24.3 Å². The Hall–Kier alpha value is -1.14. The van der Waals surface area contributed by atoms with Crippen LogP contribution in [0.25, 0.3) is 0 Å². The van der Waals surface area contributed by atoms with Gasteiger partial charge in [-0.2, -0.15) is 0 Å². The molecule has 2 N–H and O–H groups in total. The zero-order chi connectivity index (χ0) is 17.2. The van der Waals surface area contributed by atoms with E-state index in [0.717, 1.165) is 38.0 Å². The number of hydrogen-bond donors (Lipinski definition) is 2. The predicted molar refractivity (Wildman–Crippen MR) is 92.1 cm³/mol. The van der Waals surface area contributed by atoms with Gasteiger partial charge in [-0.25, -0.2) is 0 Å². The summed E-state index contributed by atoms with van der Waals surface area (Å²) in [5.74, 6) is 0.926. The second-order valence-corrected chi connectivity index (χ2v) is 6.32. The maximum atomic E-state index is 9.73. The number of aliphatic hydroxyl groups excluding tert-OH is 2. The third-order valence-electron chi connectivity index (χ3n) is 4.11. The van der Waals surface area contributed by atoms with Gasteiger partial charge in [-0.1, -0.05) is 19.1 Å². The molecular formula is C19H30O5. The van der Waals surface area contributed by atoms with E-state index in [1.807, 2.05) is 12.1 Å². The van der Waals surface area contributed by atoms with E-state index >= 15 is 0 Å². The molecule has 1 aliphatic heterocycles. The Kier molecular flexibility index (Phi) is 8.53. The van der Waals surface area contributed by atoms with Crippen LogP contribution in [0.3, 0.4) is 0 Å². The van der Waals surface area contributed by atoms with Crippen molar-refractivity contribution in [3.05, 3.63) is 29.8 Å². The number of aryl methyl sites for hydroxylation is 1. The summed E-state index contributed by atoms with van der Waals surface area (Å²) in [7, 11) is 0. The first-order valence-electron chi connectivity index (χ1n) is 8.99. The standard InChI is InChI=1S/C19H30O5/c1-2-10-22-17-8-6-15(7-9-17)5-3-4-11-23-19-13-16(21)12-18(14-20)24-19/h6-9,16,18-21H,2-5,10-14H2,1H3. The van der Waals surface area contributed by atoms with E-state index in [-0.39, 0.29) is 12.7 Å². The van der Waals surface area contributed by atoms with Gasteiger partial charge in [-0.15, -0.1) is 0 Å². The summed E-state index contributed by atoms with van der Waals surface area (Å²) in [5, 5.41) is 18.9. The first-order valence-corrected chi connectivity index (χ1v) is 8.99. The van der Waals surface area contributed by atoms with Crippen molar-refractivity contribution in [3.8, 4) is 5.75 Å². The molecule has 24 heavy (non-hydrogen) atoms. The van der Waals surface area contributed by atoms with E-state index in [1.54, 1.807) is 0 Å². The van der Waals surface area contributed by atoms with E-state index in [0.29, 0.717) is 19.4 Å². The molecule has 1 aromatic carbocycles. The fraction of sp³-hybridized carbons (Fsp3) is 0.684. The molecule has 1 saturated heterocycles. The molecule has 0 aliphatic carbocycles. The molecule has 5 nitrogen and oxygen atoms in total. The zero-order valence-electron chi connectivity index (χ0n) is 14.5. The van der Waals surface area contributed by atoms with Crippen LogP contribution >= 0.6 is 0 Å². The fourth-order valence-electron chi connectivity index (χ4n) is 2.79. The molecule has 0 amide bonds. The highest BCUT2D eigenvalue weighted by Gasteiger charge is 2.28. The topological polar surface area (TPSA) is 68.2 Å². The summed E-state index contributed by atoms with van der Waals surface area (Å²) in [6.07, 6.45) is 3.79. The summed E-state index contributed by atoms with van der Waals surface area (Å²) in [5.41, 5.74) is 1.29. The van der Waals surface area contributed by atoms with Crippen molar-refractivity contribution in [1.82, 2.24) is 0 Å². The van der Waals surface area contributed by atoms with Crippen molar-refractivity contribution >= 4 is 0 Å². The van der Waals surface area contributed by atoms with Crippen LogP contribution in [0.5, 0.6) is 5.75 Å². The first-order chi connectivity index (χ1) is 11.7. The van der Waals surface area contributed by atoms with Crippen LogP contribution < -0.4 is 4.74 Å². The van der Waals surface area contributed by atoms with Gasteiger partial charge in [-0.3, -0.25) is 0 Å². The molecule has 3 atom stereocenters. The van der Waals surface area contributed by atoms with Gasteiger partial charge in [0, 0.05) is 19.4 Å². The van der Waals surface area contributed by atoms with Crippen molar-refractivity contribution < 1.29 is 24.4 Å². The summed E-state index contributed by atoms with van der Waals surface area (Å²) in [6.45, 7) is 3.38. The molecule has 5 heteroatoms. The normalized spacial score (nSPS) is 24.0. The van der Waals surface area contributed by atoms with Gasteiger partial charge in [0.25, 0.3) is 0 Å². The molecule has 0 spiro atoms. The summed E-state index contributed by atoms with van der Waals surface area (Å²) in [4.78, 5) is 0. The Labute approximate surface area is 144 Å². The van der Waals surface area contributed by atoms with E-state index < -0.39 is 12.4 Å². The number of hydrogen-bond acceptors (Lipinski definition) is 5. The second-order valence-electron chi connectivity index (χ2n) is 6.32. The largest absolute Gasteiger partial charge is 0.494 e. The molecule has 136 valence electrons. The van der Waals surface area contributed by atoms with Gasteiger partial charge in [0.2, 0.25) is 0 Å². The van der Waals surface area contributed by atoms with Crippen LogP contribution in [0.4, 0.5) is 0 Å². The minimum absolute atomic E-state index is 0.0745. The molecular weight excluding hydrogens is 308 g/mol. The molecule has 0 bridgehead atoms. The molecule has 1 aromatic rings. The van der Waals surface area contributed by atoms with Crippen LogP contribution in [-0.2, 0) is 15.9 Å². The van der Waals surface area contributed by atoms with Crippen molar-refractivity contribution in [3.63, 3.8) is 0 Å². The maximum absolute atomic E-state index is 9.73. The smallest absolute Gasteiger partial charge is 0.160 e. The van der Waals surface area contributed by atoms with Gasteiger partial charge in [0.15, 0.2) is 6.29 Å². The predicted octanol–water partition coefficient (Wildman–Crippen LogP) is 2.67. The lowest BCUT2D eigenvalue weighted by molar-refractivity contribution is -0.221. The van der Waals surface area contributed by atoms with Gasteiger partial charge in [0.05, 0.1) is 25.4 Å². The lowest BCUT2D eigenvalue weighted by Gasteiger charge is -2.32. The molecule has 2 rings (SSSR count). The molecule has 0 saturated carbocycles. The average molecular weight is 338 g/mol. The Balaban J connectivity index is 1.59. The first kappa shape index (κ1) is 19.2. The highest BCUT2D eigenvalue weighted by atomic mass is 16.7. The highest BCUT2D eigenvalue weighted by Crippen LogP contribution is 2.20. The Morgan fingerprint density at radius 3 is 2.62 bits per heavy atom. The molecule has 1 heterocycles. The Bertz CT molecular complexity index is 448. The minimum atomic E-state index is -0.450. The van der Waals surface area contributed by atoms with E-state index in [9.17, 15) is 5.11 Å². The molecule has 0 aromatic heterocycles. The second kappa shape index (κ2) is 10.7. The van der Waals surface area contributed by atoms with E-state index in [1.165, 1.54) is 5.56 Å². The molecule has 3 unspecified atom stereocenters. The maximum Gasteiger partial charge on any atom is 0.160 e. The highest BCUT2D eigenvalue weighted by molar-refractivity contribution is 5.27. The van der Waals surface area contributed by atoms with Crippen LogP contribution in [0.2, 0.25) is 0 Å². The average Bonchev–Trinajstić information content (AvgIpc) is 2.60. The number of aliphatic hydroxyl groups is 2. The van der Waals surface area contributed by atoms with Crippen molar-refractivity contribution in [1.29, 1.82) is 0 Å². The van der Waals surface area contributed by atoms with Gasteiger partial charge < -0.3 is 24.4 Å². The van der Waals surface area contributed by atoms with Gasteiger partial charge in [0.1, 0.15) is 5.75 Å². The van der Waals surface area contributed by atoms with Crippen molar-refractivity contribution in [2.24, 2.45) is 0 Å². The number of unbranched alkanes of at least 4 members (excludes halogenated alkanes) is 1. The molecule has 1 fully saturated rings. The van der Waals surface area contributed by atoms with Crippen LogP contribution in [-0.4, -0.2) is 48.5 Å². The van der Waals surface area contributed by atoms with Crippen LogP contribution in [0, 0.1) is 0 Å². The lowest BCUT2D eigenvalue weighted by atomic mass is 10.1. The number of ether oxygens (including phenoxy) is 3. The van der Waals surface area contributed by atoms with Gasteiger partial charge in [-0.05, 0) is 43.4 Å². The summed E-state index contributed by atoms with van der Waals surface area (Å²) >= 11 is 0. The number of benzene rings is 1. The molecule has 1 aliphatic rings. The van der Waals surface area contributed by atoms with Crippen molar-refractivity contribution in [2.45, 2.75) is 63.9 Å². The fourth-order valence-corrected chi connectivity index (χ4v) is 2.79. The molecule has 0 radical (unpaired) electrons. The Morgan fingerprint density at radius 2 is 1.92 bits per heavy atom. The monoisotopic (exact) mass is 338 g/mol. The zero-order valence-corrected chi connectivity index (χ0v) is 14.5. The van der Waals surface area contributed by atoms with Gasteiger partial charge >= 0.3 is 0 Å². The number of rotatable bonds is 10. The quantitative estimate of drug-likeness (QED) is 0.642. The van der Waals surface area contributed by atoms with Crippen LogP contribution in [0.1, 0.15) is 44.6 Å². The SMILES string of the molecule is CCCOc1ccc(CCCCOC2CC(O)CC(CO)O2)cc1. The van der Waals surface area contributed by atoms with Crippen molar-refractivity contribution in [2.75, 3.05) is 19.8 Å². The summed E-state index contributed by atoms with van der Waals surface area (Å²) < 4.78 is 16.8. The third kappa shape index (κ3) is 6.77. The third-order valence-corrected chi connectivity index (χ3v) is 4.11. The lowest BCUT2D eigenvalue weighted by Crippen LogP contribution is -2.39. The van der Waals surface area contributed by atoms with E-state index in [4.69, 9.17) is 19.3 Å². The minimum Gasteiger partial charge on any atom is -0.494 e. The summed E-state index contributed by atoms with van der Waals surface area (Å²) in [6, 6.07) is 8.26.